The number of fused-ring (bicyclic) bond motifs is 2. The molecule has 0 spiro atoms. The van der Waals surface area contributed by atoms with E-state index < -0.39 is 0 Å². The number of nitrogens with one attached hydrogen (secondary N) is 1. The predicted octanol–water partition coefficient (Wildman–Crippen LogP) is 4.71. The molecule has 3 aromatic carbocycles. The fourth-order valence-electron chi connectivity index (χ4n) is 3.96. The third kappa shape index (κ3) is 4.46. The SMILES string of the molecule is O=C(NCCSc1nc(N2CCc3ccccc3C2)nc2ccccc12)c1ccccc1. The van der Waals surface area contributed by atoms with E-state index in [-0.39, 0.29) is 5.91 Å². The van der Waals surface area contributed by atoms with Crippen molar-refractivity contribution in [2.24, 2.45) is 0 Å². The van der Waals surface area contributed by atoms with E-state index in [1.165, 1.54) is 11.1 Å². The molecular formula is C26H24N4OS. The zero-order valence-corrected chi connectivity index (χ0v) is 18.5. The highest BCUT2D eigenvalue weighted by molar-refractivity contribution is 7.99. The van der Waals surface area contributed by atoms with E-state index in [1.807, 2.05) is 48.5 Å². The molecule has 5 rings (SSSR count). The van der Waals surface area contributed by atoms with Gasteiger partial charge in [-0.1, -0.05) is 60.7 Å². The van der Waals surface area contributed by atoms with Crippen LogP contribution in [0.5, 0.6) is 0 Å². The Labute approximate surface area is 191 Å². The Morgan fingerprint density at radius 3 is 2.53 bits per heavy atom. The summed E-state index contributed by atoms with van der Waals surface area (Å²) in [5, 5.41) is 5.00. The number of anilines is 1. The second-order valence-electron chi connectivity index (χ2n) is 7.76. The summed E-state index contributed by atoms with van der Waals surface area (Å²) in [5.41, 5.74) is 4.38. The molecule has 1 aliphatic heterocycles. The van der Waals surface area contributed by atoms with Crippen molar-refractivity contribution in [2.75, 3.05) is 23.7 Å². The topological polar surface area (TPSA) is 58.1 Å². The third-order valence-electron chi connectivity index (χ3n) is 5.63. The van der Waals surface area contributed by atoms with Crippen LogP contribution in [-0.4, -0.2) is 34.7 Å². The van der Waals surface area contributed by atoms with Gasteiger partial charge in [0.05, 0.1) is 5.52 Å². The molecule has 2 heterocycles. The molecule has 0 aliphatic carbocycles. The summed E-state index contributed by atoms with van der Waals surface area (Å²) in [5.74, 6) is 1.46. The number of carbonyl (C=O) groups is 1. The fourth-order valence-corrected chi connectivity index (χ4v) is 4.83. The highest BCUT2D eigenvalue weighted by atomic mass is 32.2. The molecule has 0 unspecified atom stereocenters. The van der Waals surface area contributed by atoms with Crippen molar-refractivity contribution >= 4 is 34.5 Å². The van der Waals surface area contributed by atoms with Gasteiger partial charge in [0.2, 0.25) is 5.95 Å². The second-order valence-corrected chi connectivity index (χ2v) is 8.84. The molecular weight excluding hydrogens is 416 g/mol. The van der Waals surface area contributed by atoms with E-state index in [0.29, 0.717) is 12.1 Å². The molecule has 1 aromatic heterocycles. The number of rotatable bonds is 6. The molecule has 0 bridgehead atoms. The van der Waals surface area contributed by atoms with Crippen molar-refractivity contribution in [1.29, 1.82) is 0 Å². The van der Waals surface area contributed by atoms with Crippen molar-refractivity contribution in [1.82, 2.24) is 15.3 Å². The van der Waals surface area contributed by atoms with Gasteiger partial charge in [-0.05, 0) is 35.7 Å². The minimum atomic E-state index is -0.0496. The van der Waals surface area contributed by atoms with E-state index >= 15 is 0 Å². The molecule has 5 nitrogen and oxygen atoms in total. The number of carbonyl (C=O) groups excluding carboxylic acids is 1. The quantitative estimate of drug-likeness (QED) is 0.267. The molecule has 0 saturated heterocycles. The zero-order chi connectivity index (χ0) is 21.8. The maximum Gasteiger partial charge on any atom is 0.251 e. The van der Waals surface area contributed by atoms with E-state index in [9.17, 15) is 4.79 Å². The number of benzene rings is 3. The Balaban J connectivity index is 1.31. The first-order valence-corrected chi connectivity index (χ1v) is 11.8. The molecule has 0 atom stereocenters. The van der Waals surface area contributed by atoms with Gasteiger partial charge in [0, 0.05) is 36.3 Å². The Bertz CT molecular complexity index is 1250. The fraction of sp³-hybridized carbons (Fsp3) is 0.192. The number of thioether (sulfide) groups is 1. The second kappa shape index (κ2) is 9.40. The van der Waals surface area contributed by atoms with Crippen molar-refractivity contribution in [3.63, 3.8) is 0 Å². The van der Waals surface area contributed by atoms with Gasteiger partial charge in [0.25, 0.3) is 5.91 Å². The molecule has 0 radical (unpaired) electrons. The van der Waals surface area contributed by atoms with E-state index in [1.54, 1.807) is 11.8 Å². The lowest BCUT2D eigenvalue weighted by Gasteiger charge is -2.29. The molecule has 0 fully saturated rings. The Hall–Kier alpha value is -3.38. The predicted molar refractivity (Wildman–Crippen MR) is 130 cm³/mol. The highest BCUT2D eigenvalue weighted by Gasteiger charge is 2.20. The number of hydrogen-bond donors (Lipinski definition) is 1. The van der Waals surface area contributed by atoms with E-state index in [2.05, 4.69) is 40.5 Å². The minimum absolute atomic E-state index is 0.0496. The summed E-state index contributed by atoms with van der Waals surface area (Å²) >= 11 is 1.66. The number of para-hydroxylation sites is 1. The Morgan fingerprint density at radius 1 is 0.906 bits per heavy atom. The maximum atomic E-state index is 12.3. The van der Waals surface area contributed by atoms with Gasteiger partial charge >= 0.3 is 0 Å². The van der Waals surface area contributed by atoms with Gasteiger partial charge < -0.3 is 10.2 Å². The van der Waals surface area contributed by atoms with Crippen molar-refractivity contribution < 1.29 is 4.79 Å². The zero-order valence-electron chi connectivity index (χ0n) is 17.7. The summed E-state index contributed by atoms with van der Waals surface area (Å²) in [6.07, 6.45) is 1.00. The van der Waals surface area contributed by atoms with Crippen molar-refractivity contribution in [2.45, 2.75) is 18.0 Å². The van der Waals surface area contributed by atoms with Gasteiger partial charge in [-0.3, -0.25) is 4.79 Å². The van der Waals surface area contributed by atoms with Crippen LogP contribution in [0.1, 0.15) is 21.5 Å². The van der Waals surface area contributed by atoms with Gasteiger partial charge in [-0.15, -0.1) is 11.8 Å². The smallest absolute Gasteiger partial charge is 0.251 e. The summed E-state index contributed by atoms with van der Waals surface area (Å²) in [4.78, 5) is 24.3. The van der Waals surface area contributed by atoms with Crippen LogP contribution in [0.15, 0.2) is 83.9 Å². The summed E-state index contributed by atoms with van der Waals surface area (Å²) in [7, 11) is 0. The van der Waals surface area contributed by atoms with Crippen LogP contribution in [0, 0.1) is 0 Å². The lowest BCUT2D eigenvalue weighted by atomic mass is 10.0. The van der Waals surface area contributed by atoms with Crippen LogP contribution in [0.4, 0.5) is 5.95 Å². The number of amides is 1. The monoisotopic (exact) mass is 440 g/mol. The Kier molecular flexibility index (Phi) is 6.03. The molecule has 4 aromatic rings. The normalized spacial score (nSPS) is 13.1. The summed E-state index contributed by atoms with van der Waals surface area (Å²) < 4.78 is 0. The average Bonchev–Trinajstić information content (AvgIpc) is 2.86. The molecule has 1 aliphatic rings. The first-order valence-electron chi connectivity index (χ1n) is 10.8. The first-order chi connectivity index (χ1) is 15.8. The lowest BCUT2D eigenvalue weighted by molar-refractivity contribution is 0.0956. The number of nitrogens with zero attached hydrogens (tertiary/aromatic N) is 3. The molecule has 32 heavy (non-hydrogen) atoms. The van der Waals surface area contributed by atoms with Crippen LogP contribution in [-0.2, 0) is 13.0 Å². The van der Waals surface area contributed by atoms with Crippen LogP contribution in [0.3, 0.4) is 0 Å². The van der Waals surface area contributed by atoms with Crippen molar-refractivity contribution in [3.05, 3.63) is 95.6 Å². The van der Waals surface area contributed by atoms with Gasteiger partial charge in [0.1, 0.15) is 5.03 Å². The molecule has 1 amide bonds. The summed E-state index contributed by atoms with van der Waals surface area (Å²) in [6, 6.07) is 26.0. The van der Waals surface area contributed by atoms with Gasteiger partial charge in [-0.2, -0.15) is 0 Å². The first kappa shape index (κ1) is 20.5. The number of hydrogen-bond acceptors (Lipinski definition) is 5. The van der Waals surface area contributed by atoms with Gasteiger partial charge in [0.15, 0.2) is 0 Å². The molecule has 1 N–H and O–H groups in total. The highest BCUT2D eigenvalue weighted by Crippen LogP contribution is 2.29. The molecule has 6 heteroatoms. The standard InChI is InChI=1S/C26H24N4OS/c31-24(20-9-2-1-3-10-20)27-15-17-32-25-22-12-6-7-13-23(22)28-26(29-25)30-16-14-19-8-4-5-11-21(19)18-30/h1-13H,14-18H2,(H,27,31). The molecule has 160 valence electrons. The number of aromatic nitrogens is 2. The third-order valence-corrected chi connectivity index (χ3v) is 6.63. The Morgan fingerprint density at radius 2 is 1.66 bits per heavy atom. The van der Waals surface area contributed by atoms with E-state index in [0.717, 1.165) is 47.1 Å². The van der Waals surface area contributed by atoms with Crippen molar-refractivity contribution in [3.8, 4) is 0 Å². The van der Waals surface area contributed by atoms with Crippen LogP contribution < -0.4 is 10.2 Å². The maximum absolute atomic E-state index is 12.3. The average molecular weight is 441 g/mol. The van der Waals surface area contributed by atoms with Gasteiger partial charge in [-0.25, -0.2) is 9.97 Å². The van der Waals surface area contributed by atoms with E-state index in [4.69, 9.17) is 9.97 Å². The lowest BCUT2D eigenvalue weighted by Crippen LogP contribution is -2.31. The van der Waals surface area contributed by atoms with Crippen LogP contribution in [0.25, 0.3) is 10.9 Å². The largest absolute Gasteiger partial charge is 0.351 e. The van der Waals surface area contributed by atoms with Crippen LogP contribution in [0.2, 0.25) is 0 Å². The summed E-state index contributed by atoms with van der Waals surface area (Å²) in [6.45, 7) is 2.31. The van der Waals surface area contributed by atoms with Crippen LogP contribution >= 0.6 is 11.8 Å². The minimum Gasteiger partial charge on any atom is -0.351 e. The molecule has 0 saturated carbocycles.